The molecule has 0 fully saturated rings. The zero-order chi connectivity index (χ0) is 18.1. The second-order valence-electron chi connectivity index (χ2n) is 6.67. The number of carbonyl (C=O) groups excluding carboxylic acids is 1. The van der Waals surface area contributed by atoms with Crippen molar-refractivity contribution in [1.82, 2.24) is 14.5 Å². The Morgan fingerprint density at radius 1 is 1.12 bits per heavy atom. The first-order chi connectivity index (χ1) is 12.6. The number of anilines is 1. The fourth-order valence-electron chi connectivity index (χ4n) is 3.39. The van der Waals surface area contributed by atoms with E-state index in [0.29, 0.717) is 10.8 Å². The minimum atomic E-state index is -0.161. The topological polar surface area (TPSA) is 59.8 Å². The number of hydrogen-bond donors (Lipinski definition) is 1. The Morgan fingerprint density at radius 3 is 2.65 bits per heavy atom. The summed E-state index contributed by atoms with van der Waals surface area (Å²) in [6.07, 6.45) is 4.28. The molecule has 0 radical (unpaired) electrons. The molecule has 134 valence electrons. The predicted molar refractivity (Wildman–Crippen MR) is 105 cm³/mol. The Hall–Kier alpha value is -2.47. The van der Waals surface area contributed by atoms with Gasteiger partial charge in [-0.2, -0.15) is 0 Å². The van der Waals surface area contributed by atoms with Crippen molar-refractivity contribution < 1.29 is 4.79 Å². The van der Waals surface area contributed by atoms with Crippen molar-refractivity contribution in [1.29, 1.82) is 0 Å². The van der Waals surface area contributed by atoms with Crippen LogP contribution in [0.15, 0.2) is 30.3 Å². The summed E-state index contributed by atoms with van der Waals surface area (Å²) >= 11 is 1.50. The molecule has 4 rings (SSSR count). The van der Waals surface area contributed by atoms with Crippen molar-refractivity contribution in [3.05, 3.63) is 52.3 Å². The average Bonchev–Trinajstić information content (AvgIpc) is 3.04. The Bertz CT molecular complexity index is 923. The molecule has 0 saturated carbocycles. The van der Waals surface area contributed by atoms with E-state index in [1.165, 1.54) is 17.8 Å². The molecule has 0 aliphatic carbocycles. The van der Waals surface area contributed by atoms with E-state index in [1.807, 2.05) is 32.0 Å². The van der Waals surface area contributed by atoms with Gasteiger partial charge in [0.05, 0.1) is 11.4 Å². The van der Waals surface area contributed by atoms with E-state index in [-0.39, 0.29) is 5.91 Å². The van der Waals surface area contributed by atoms with Gasteiger partial charge in [-0.25, -0.2) is 9.97 Å². The number of hydrogen-bond acceptors (Lipinski definition) is 4. The monoisotopic (exact) mass is 366 g/mol. The van der Waals surface area contributed by atoms with Crippen LogP contribution in [0.1, 0.15) is 46.0 Å². The Labute approximate surface area is 157 Å². The van der Waals surface area contributed by atoms with E-state index in [1.54, 1.807) is 0 Å². The molecule has 2 aromatic heterocycles. The molecule has 1 aliphatic heterocycles. The average molecular weight is 366 g/mol. The summed E-state index contributed by atoms with van der Waals surface area (Å²) in [4.78, 5) is 23.2. The summed E-state index contributed by atoms with van der Waals surface area (Å²) in [5.74, 6) is 0.728. The number of carbonyl (C=O) groups is 1. The molecule has 3 aromatic rings. The number of amides is 1. The summed E-state index contributed by atoms with van der Waals surface area (Å²) in [7, 11) is 0. The van der Waals surface area contributed by atoms with Crippen LogP contribution < -0.4 is 5.32 Å². The minimum Gasteiger partial charge on any atom is -0.327 e. The summed E-state index contributed by atoms with van der Waals surface area (Å²) in [6, 6.07) is 10.1. The van der Waals surface area contributed by atoms with E-state index in [9.17, 15) is 4.79 Å². The molecule has 3 heterocycles. The summed E-state index contributed by atoms with van der Waals surface area (Å²) in [6.45, 7) is 4.88. The second-order valence-corrected chi connectivity index (χ2v) is 7.88. The van der Waals surface area contributed by atoms with Crippen molar-refractivity contribution >= 4 is 22.4 Å². The zero-order valence-electron chi connectivity index (χ0n) is 15.1. The van der Waals surface area contributed by atoms with Gasteiger partial charge in [-0.15, -0.1) is 11.3 Å². The molecule has 0 saturated heterocycles. The Balaban J connectivity index is 1.73. The Kier molecular flexibility index (Phi) is 4.59. The number of nitrogens with zero attached hydrogens (tertiary/aromatic N) is 3. The Morgan fingerprint density at radius 2 is 1.92 bits per heavy atom. The van der Waals surface area contributed by atoms with Gasteiger partial charge in [0.2, 0.25) is 0 Å². The van der Waals surface area contributed by atoms with Gasteiger partial charge in [-0.05, 0) is 33.1 Å². The van der Waals surface area contributed by atoms with E-state index in [0.717, 1.165) is 53.5 Å². The van der Waals surface area contributed by atoms with Gasteiger partial charge in [0.1, 0.15) is 11.5 Å². The third kappa shape index (κ3) is 3.17. The number of aromatic nitrogens is 3. The first kappa shape index (κ1) is 17.0. The highest BCUT2D eigenvalue weighted by atomic mass is 32.1. The standard InChI is InChI=1S/C20H22N4OS/c1-13-14(2)26-20(21-13)23-19(25)17-16-11-7-4-8-12-24(16)18(22-17)15-9-5-3-6-10-15/h3,5-6,9-10H,4,7-8,11-12H2,1-2H3,(H,21,23,25). The second kappa shape index (κ2) is 7.03. The molecule has 1 aromatic carbocycles. The highest BCUT2D eigenvalue weighted by Gasteiger charge is 2.24. The molecule has 5 nitrogen and oxygen atoms in total. The molecule has 1 N–H and O–H groups in total. The maximum absolute atomic E-state index is 12.9. The minimum absolute atomic E-state index is 0.161. The first-order valence-corrected chi connectivity index (χ1v) is 9.85. The van der Waals surface area contributed by atoms with Crippen molar-refractivity contribution in [2.45, 2.75) is 46.1 Å². The fourth-order valence-corrected chi connectivity index (χ4v) is 4.20. The molecule has 0 atom stereocenters. The van der Waals surface area contributed by atoms with Crippen LogP contribution in [0, 0.1) is 13.8 Å². The number of imidazole rings is 1. The molecule has 0 unspecified atom stereocenters. The maximum Gasteiger partial charge on any atom is 0.277 e. The number of aryl methyl sites for hydroxylation is 2. The van der Waals surface area contributed by atoms with Crippen LogP contribution in [-0.2, 0) is 13.0 Å². The highest BCUT2D eigenvalue weighted by Crippen LogP contribution is 2.28. The maximum atomic E-state index is 12.9. The lowest BCUT2D eigenvalue weighted by Gasteiger charge is -2.08. The molecule has 0 bridgehead atoms. The van der Waals surface area contributed by atoms with Crippen molar-refractivity contribution in [2.75, 3.05) is 5.32 Å². The van der Waals surface area contributed by atoms with E-state index < -0.39 is 0 Å². The molecule has 6 heteroatoms. The van der Waals surface area contributed by atoms with Crippen LogP contribution in [0.5, 0.6) is 0 Å². The predicted octanol–water partition coefficient (Wildman–Crippen LogP) is 4.60. The van der Waals surface area contributed by atoms with Crippen LogP contribution >= 0.6 is 11.3 Å². The molecule has 0 spiro atoms. The van der Waals surface area contributed by atoms with Crippen LogP contribution in [0.25, 0.3) is 11.4 Å². The van der Waals surface area contributed by atoms with Gasteiger partial charge >= 0.3 is 0 Å². The largest absolute Gasteiger partial charge is 0.327 e. The van der Waals surface area contributed by atoms with Gasteiger partial charge in [-0.1, -0.05) is 36.8 Å². The van der Waals surface area contributed by atoms with Gasteiger partial charge in [0.15, 0.2) is 5.13 Å². The van der Waals surface area contributed by atoms with E-state index >= 15 is 0 Å². The molecule has 26 heavy (non-hydrogen) atoms. The van der Waals surface area contributed by atoms with Gasteiger partial charge in [0, 0.05) is 17.0 Å². The SMILES string of the molecule is Cc1nc(NC(=O)c2nc(-c3ccccc3)n3c2CCCCC3)sc1C. The van der Waals surface area contributed by atoms with Crippen molar-refractivity contribution in [3.8, 4) is 11.4 Å². The third-order valence-corrected chi connectivity index (χ3v) is 5.85. The molecular weight excluding hydrogens is 344 g/mol. The number of fused-ring (bicyclic) bond motifs is 1. The molecule has 1 amide bonds. The van der Waals surface area contributed by atoms with Crippen LogP contribution in [-0.4, -0.2) is 20.4 Å². The van der Waals surface area contributed by atoms with Gasteiger partial charge in [-0.3, -0.25) is 10.1 Å². The van der Waals surface area contributed by atoms with Crippen molar-refractivity contribution in [2.24, 2.45) is 0 Å². The lowest BCUT2D eigenvalue weighted by atomic mass is 10.1. The molecule has 1 aliphatic rings. The zero-order valence-corrected chi connectivity index (χ0v) is 15.9. The quantitative estimate of drug-likeness (QED) is 0.737. The highest BCUT2D eigenvalue weighted by molar-refractivity contribution is 7.15. The lowest BCUT2D eigenvalue weighted by molar-refractivity contribution is 0.102. The van der Waals surface area contributed by atoms with Crippen molar-refractivity contribution in [3.63, 3.8) is 0 Å². The van der Waals surface area contributed by atoms with Crippen LogP contribution in [0.4, 0.5) is 5.13 Å². The number of nitrogens with one attached hydrogen (secondary N) is 1. The van der Waals surface area contributed by atoms with E-state index in [4.69, 9.17) is 4.98 Å². The first-order valence-electron chi connectivity index (χ1n) is 9.03. The van der Waals surface area contributed by atoms with Gasteiger partial charge in [0.25, 0.3) is 5.91 Å². The third-order valence-electron chi connectivity index (χ3n) is 4.86. The van der Waals surface area contributed by atoms with Gasteiger partial charge < -0.3 is 4.57 Å². The molecular formula is C20H22N4OS. The van der Waals surface area contributed by atoms with Crippen LogP contribution in [0.2, 0.25) is 0 Å². The van der Waals surface area contributed by atoms with Crippen LogP contribution in [0.3, 0.4) is 0 Å². The number of thiazole rings is 1. The lowest BCUT2D eigenvalue weighted by Crippen LogP contribution is -2.15. The summed E-state index contributed by atoms with van der Waals surface area (Å²) in [5, 5.41) is 3.59. The van der Waals surface area contributed by atoms with E-state index in [2.05, 4.69) is 27.0 Å². The number of benzene rings is 1. The smallest absolute Gasteiger partial charge is 0.277 e. The number of rotatable bonds is 3. The summed E-state index contributed by atoms with van der Waals surface area (Å²) < 4.78 is 2.23. The summed E-state index contributed by atoms with van der Waals surface area (Å²) in [5.41, 5.74) is 3.59. The fraction of sp³-hybridized carbons (Fsp3) is 0.350. The normalized spacial score (nSPS) is 13.9.